The summed E-state index contributed by atoms with van der Waals surface area (Å²) in [6.45, 7) is 3.64. The molecule has 3 amide bonds. The molecule has 1 fully saturated rings. The maximum atomic E-state index is 12.7. The first-order chi connectivity index (χ1) is 14.4. The summed E-state index contributed by atoms with van der Waals surface area (Å²) in [6, 6.07) is 6.86. The van der Waals surface area contributed by atoms with Crippen LogP contribution in [0.4, 0.5) is 5.69 Å². The Morgan fingerprint density at radius 1 is 1.27 bits per heavy atom. The third-order valence-corrected chi connectivity index (χ3v) is 4.96. The Bertz CT molecular complexity index is 962. The minimum atomic E-state index is -0.339. The van der Waals surface area contributed by atoms with Crippen LogP contribution >= 0.6 is 0 Å². The molecule has 1 aromatic heterocycles. The predicted octanol–water partition coefficient (Wildman–Crippen LogP) is 1.85. The van der Waals surface area contributed by atoms with E-state index in [1.165, 1.54) is 20.2 Å². The fraction of sp³-hybridized carbons (Fsp3) is 0.381. The quantitative estimate of drug-likeness (QED) is 0.750. The number of para-hydroxylation sites is 2. The maximum absolute atomic E-state index is 12.7. The van der Waals surface area contributed by atoms with Gasteiger partial charge in [-0.1, -0.05) is 12.1 Å². The summed E-state index contributed by atoms with van der Waals surface area (Å²) in [6.07, 6.45) is 3.05. The van der Waals surface area contributed by atoms with Crippen LogP contribution in [0.5, 0.6) is 5.75 Å². The van der Waals surface area contributed by atoms with Gasteiger partial charge in [0.25, 0.3) is 5.91 Å². The number of rotatable bonds is 6. The van der Waals surface area contributed by atoms with Crippen molar-refractivity contribution in [1.82, 2.24) is 20.2 Å². The van der Waals surface area contributed by atoms with E-state index in [-0.39, 0.29) is 30.3 Å². The molecule has 9 heteroatoms. The molecule has 0 aliphatic carbocycles. The topological polar surface area (TPSA) is 114 Å². The Balaban J connectivity index is 1.75. The van der Waals surface area contributed by atoms with Crippen molar-refractivity contribution in [1.29, 1.82) is 0 Å². The molecular formula is C21H25N5O4. The highest BCUT2D eigenvalue weighted by atomic mass is 16.5. The monoisotopic (exact) mass is 411 g/mol. The van der Waals surface area contributed by atoms with Gasteiger partial charge in [-0.3, -0.25) is 14.4 Å². The lowest BCUT2D eigenvalue weighted by atomic mass is 10.1. The number of carbonyl (C=O) groups is 3. The van der Waals surface area contributed by atoms with E-state index in [1.54, 1.807) is 30.0 Å². The van der Waals surface area contributed by atoms with Crippen LogP contribution in [-0.2, 0) is 9.59 Å². The van der Waals surface area contributed by atoms with Crippen LogP contribution in [0.3, 0.4) is 0 Å². The number of anilines is 1. The van der Waals surface area contributed by atoms with Gasteiger partial charge in [-0.15, -0.1) is 0 Å². The molecule has 1 aromatic carbocycles. The molecule has 1 atom stereocenters. The molecule has 30 heavy (non-hydrogen) atoms. The van der Waals surface area contributed by atoms with E-state index in [2.05, 4.69) is 20.6 Å². The van der Waals surface area contributed by atoms with Crippen LogP contribution in [0.15, 0.2) is 30.5 Å². The van der Waals surface area contributed by atoms with Crippen molar-refractivity contribution in [3.63, 3.8) is 0 Å². The Labute approximate surface area is 174 Å². The van der Waals surface area contributed by atoms with Crippen LogP contribution in [-0.4, -0.2) is 52.8 Å². The van der Waals surface area contributed by atoms with Gasteiger partial charge in [-0.25, -0.2) is 9.97 Å². The Kier molecular flexibility index (Phi) is 6.61. The first-order valence-electron chi connectivity index (χ1n) is 9.72. The second-order valence-corrected chi connectivity index (χ2v) is 7.04. The summed E-state index contributed by atoms with van der Waals surface area (Å²) in [4.78, 5) is 46.8. The smallest absolute Gasteiger partial charge is 0.259 e. The Morgan fingerprint density at radius 3 is 2.73 bits per heavy atom. The molecule has 0 spiro atoms. The van der Waals surface area contributed by atoms with Crippen LogP contribution in [0.1, 0.15) is 47.7 Å². The molecule has 0 bridgehead atoms. The van der Waals surface area contributed by atoms with E-state index in [0.29, 0.717) is 35.1 Å². The van der Waals surface area contributed by atoms with Gasteiger partial charge in [-0.2, -0.15) is 0 Å². The summed E-state index contributed by atoms with van der Waals surface area (Å²) >= 11 is 0. The molecule has 0 radical (unpaired) electrons. The summed E-state index contributed by atoms with van der Waals surface area (Å²) in [5.74, 6) is 0.285. The number of hydrogen-bond acceptors (Lipinski definition) is 6. The molecular weight excluding hydrogens is 386 g/mol. The van der Waals surface area contributed by atoms with Gasteiger partial charge < -0.3 is 20.3 Å². The number of benzene rings is 1. The zero-order valence-corrected chi connectivity index (χ0v) is 17.3. The van der Waals surface area contributed by atoms with E-state index in [4.69, 9.17) is 4.74 Å². The molecule has 2 heterocycles. The number of nitrogens with one attached hydrogen (secondary N) is 2. The van der Waals surface area contributed by atoms with E-state index in [9.17, 15) is 14.4 Å². The number of amides is 3. The molecule has 2 aromatic rings. The lowest BCUT2D eigenvalue weighted by molar-refractivity contribution is -0.133. The minimum absolute atomic E-state index is 0.0514. The van der Waals surface area contributed by atoms with Gasteiger partial charge in [0.15, 0.2) is 5.82 Å². The zero-order valence-electron chi connectivity index (χ0n) is 17.3. The molecule has 0 saturated carbocycles. The van der Waals surface area contributed by atoms with E-state index < -0.39 is 0 Å². The van der Waals surface area contributed by atoms with Gasteiger partial charge in [0.05, 0.1) is 36.6 Å². The molecule has 3 rings (SSSR count). The van der Waals surface area contributed by atoms with Crippen molar-refractivity contribution in [2.75, 3.05) is 25.5 Å². The van der Waals surface area contributed by atoms with Crippen molar-refractivity contribution in [3.8, 4) is 5.75 Å². The fourth-order valence-corrected chi connectivity index (χ4v) is 3.44. The second kappa shape index (κ2) is 9.34. The molecule has 1 saturated heterocycles. The van der Waals surface area contributed by atoms with Gasteiger partial charge in [0, 0.05) is 19.7 Å². The highest BCUT2D eigenvalue weighted by Crippen LogP contribution is 2.30. The highest BCUT2D eigenvalue weighted by Gasteiger charge is 2.32. The average Bonchev–Trinajstić information content (AvgIpc) is 3.22. The summed E-state index contributed by atoms with van der Waals surface area (Å²) in [7, 11) is 1.54. The van der Waals surface area contributed by atoms with Crippen LogP contribution < -0.4 is 15.4 Å². The SMILES string of the molecule is COc1ccccc1NC(=O)c1cnc([C@H]2CCCN2C(=O)CNC(C)=O)nc1C. The van der Waals surface area contributed by atoms with Gasteiger partial charge in [0.1, 0.15) is 5.75 Å². The summed E-state index contributed by atoms with van der Waals surface area (Å²) < 4.78 is 5.26. The highest BCUT2D eigenvalue weighted by molar-refractivity contribution is 6.05. The van der Waals surface area contributed by atoms with Crippen molar-refractivity contribution >= 4 is 23.4 Å². The number of aromatic nitrogens is 2. The number of carbonyl (C=O) groups excluding carboxylic acids is 3. The first kappa shape index (κ1) is 21.2. The van der Waals surface area contributed by atoms with E-state index in [1.807, 2.05) is 6.07 Å². The average molecular weight is 411 g/mol. The zero-order chi connectivity index (χ0) is 21.7. The second-order valence-electron chi connectivity index (χ2n) is 7.04. The maximum Gasteiger partial charge on any atom is 0.259 e. The van der Waals surface area contributed by atoms with Crippen LogP contribution in [0.2, 0.25) is 0 Å². The van der Waals surface area contributed by atoms with E-state index in [0.717, 1.165) is 12.8 Å². The van der Waals surface area contributed by atoms with Crippen molar-refractivity contribution in [3.05, 3.63) is 47.5 Å². The number of methoxy groups -OCH3 is 1. The lowest BCUT2D eigenvalue weighted by Gasteiger charge is -2.24. The Hall–Kier alpha value is -3.49. The van der Waals surface area contributed by atoms with Crippen molar-refractivity contribution < 1.29 is 19.1 Å². The van der Waals surface area contributed by atoms with E-state index >= 15 is 0 Å². The minimum Gasteiger partial charge on any atom is -0.495 e. The molecule has 9 nitrogen and oxygen atoms in total. The lowest BCUT2D eigenvalue weighted by Crippen LogP contribution is -2.39. The van der Waals surface area contributed by atoms with Crippen molar-refractivity contribution in [2.45, 2.75) is 32.7 Å². The van der Waals surface area contributed by atoms with Gasteiger partial charge in [0.2, 0.25) is 11.8 Å². The number of ether oxygens (including phenoxy) is 1. The third-order valence-electron chi connectivity index (χ3n) is 4.96. The largest absolute Gasteiger partial charge is 0.495 e. The molecule has 1 aliphatic heterocycles. The predicted molar refractivity (Wildman–Crippen MR) is 110 cm³/mol. The molecule has 1 aliphatic rings. The molecule has 0 unspecified atom stereocenters. The number of nitrogens with zero attached hydrogens (tertiary/aromatic N) is 3. The summed E-state index contributed by atoms with van der Waals surface area (Å²) in [5, 5.41) is 5.34. The fourth-order valence-electron chi connectivity index (χ4n) is 3.44. The molecule has 2 N–H and O–H groups in total. The van der Waals surface area contributed by atoms with Gasteiger partial charge >= 0.3 is 0 Å². The van der Waals surface area contributed by atoms with Crippen LogP contribution in [0.25, 0.3) is 0 Å². The summed E-state index contributed by atoms with van der Waals surface area (Å²) in [5.41, 5.74) is 1.42. The van der Waals surface area contributed by atoms with Gasteiger partial charge in [-0.05, 0) is 31.9 Å². The molecule has 158 valence electrons. The van der Waals surface area contributed by atoms with Crippen molar-refractivity contribution in [2.24, 2.45) is 0 Å². The van der Waals surface area contributed by atoms with Crippen LogP contribution in [0, 0.1) is 6.92 Å². The normalized spacial score (nSPS) is 15.6. The Morgan fingerprint density at radius 2 is 2.03 bits per heavy atom. The standard InChI is InChI=1S/C21H25N5O4/c1-13-15(21(29)25-16-7-4-5-9-18(16)30-3)11-23-20(24-13)17-8-6-10-26(17)19(28)12-22-14(2)27/h4-5,7,9,11,17H,6,8,10,12H2,1-3H3,(H,22,27)(H,25,29)/t17-/m1/s1. The first-order valence-corrected chi connectivity index (χ1v) is 9.72. The number of aryl methyl sites for hydroxylation is 1. The number of likely N-dealkylation sites (tertiary alicyclic amines) is 1. The third kappa shape index (κ3) is 4.73. The number of hydrogen-bond donors (Lipinski definition) is 2.